The molecule has 7 nitrogen and oxygen atoms in total. The van der Waals surface area contributed by atoms with Gasteiger partial charge in [-0.1, -0.05) is 18.2 Å². The molecule has 0 radical (unpaired) electrons. The maximum atomic E-state index is 13.2. The number of hydrogen-bond acceptors (Lipinski definition) is 5. The highest BCUT2D eigenvalue weighted by atomic mass is 32.2. The summed E-state index contributed by atoms with van der Waals surface area (Å²) in [7, 11) is -1.52. The number of halogens is 3. The number of sulfone groups is 1. The second kappa shape index (κ2) is 11.6. The summed E-state index contributed by atoms with van der Waals surface area (Å²) in [5, 5.41) is 3.54. The minimum Gasteiger partial charge on any atom is -0.406 e. The van der Waals surface area contributed by atoms with Crippen molar-refractivity contribution in [3.05, 3.63) is 60.3 Å². The van der Waals surface area contributed by atoms with Crippen molar-refractivity contribution in [1.82, 2.24) is 15.2 Å². The lowest BCUT2D eigenvalue weighted by Crippen LogP contribution is -2.51. The first-order valence-corrected chi connectivity index (χ1v) is 14.6. The first-order valence-electron chi connectivity index (χ1n) is 13.0. The van der Waals surface area contributed by atoms with E-state index in [1.807, 2.05) is 7.05 Å². The molecule has 0 saturated heterocycles. The molecule has 3 aromatic rings. The zero-order chi connectivity index (χ0) is 28.4. The Hall–Kier alpha value is -3.05. The summed E-state index contributed by atoms with van der Waals surface area (Å²) in [5.74, 6) is -0.964. The van der Waals surface area contributed by atoms with Gasteiger partial charge >= 0.3 is 6.36 Å². The van der Waals surface area contributed by atoms with Crippen LogP contribution in [0.5, 0.6) is 5.75 Å². The maximum absolute atomic E-state index is 13.2. The van der Waals surface area contributed by atoms with Crippen molar-refractivity contribution in [3.63, 3.8) is 0 Å². The molecule has 2 N–H and O–H groups in total. The molecular weight excluding hydrogens is 531 g/mol. The summed E-state index contributed by atoms with van der Waals surface area (Å²) in [5.41, 5.74) is 1.12. The molecule has 0 unspecified atom stereocenters. The number of aromatic amines is 1. The van der Waals surface area contributed by atoms with Gasteiger partial charge in [0.25, 0.3) is 0 Å². The number of H-pyrrole nitrogens is 1. The Morgan fingerprint density at radius 2 is 1.85 bits per heavy atom. The zero-order valence-corrected chi connectivity index (χ0v) is 23.0. The third kappa shape index (κ3) is 7.54. The Balaban J connectivity index is 1.48. The Bertz CT molecular complexity index is 1390. The first kappa shape index (κ1) is 28.9. The second-order valence-electron chi connectivity index (χ2n) is 10.5. The van der Waals surface area contributed by atoms with Gasteiger partial charge in [0, 0.05) is 34.7 Å². The van der Waals surface area contributed by atoms with E-state index in [1.54, 1.807) is 36.4 Å². The van der Waals surface area contributed by atoms with Crippen molar-refractivity contribution in [3.8, 4) is 5.75 Å². The average Bonchev–Trinajstić information content (AvgIpc) is 3.25. The molecule has 2 aromatic carbocycles. The normalized spacial score (nSPS) is 20.5. The predicted molar refractivity (Wildman–Crippen MR) is 143 cm³/mol. The number of benzene rings is 2. The number of aromatic nitrogens is 1. The van der Waals surface area contributed by atoms with E-state index in [-0.39, 0.29) is 46.7 Å². The van der Waals surface area contributed by atoms with Gasteiger partial charge in [-0.3, -0.25) is 4.79 Å². The SMILES string of the molecule is CC(C)N(C)[C@@H]1CC[C@H](NC(=O)Cc2cc3cc(OC(F)(F)F)ccc3[nH]2)[C@H](CS(=O)(=O)c2ccccc2)C1. The van der Waals surface area contributed by atoms with Gasteiger partial charge < -0.3 is 19.9 Å². The summed E-state index contributed by atoms with van der Waals surface area (Å²) in [6, 6.07) is 14.1. The number of rotatable bonds is 9. The number of hydrogen-bond donors (Lipinski definition) is 2. The van der Waals surface area contributed by atoms with Crippen LogP contribution in [0.2, 0.25) is 0 Å². The summed E-state index contributed by atoms with van der Waals surface area (Å²) in [6.45, 7) is 4.20. The average molecular weight is 566 g/mol. The van der Waals surface area contributed by atoms with E-state index in [0.717, 1.165) is 6.42 Å². The fourth-order valence-corrected chi connectivity index (χ4v) is 7.00. The molecule has 212 valence electrons. The predicted octanol–water partition coefficient (Wildman–Crippen LogP) is 5.08. The monoisotopic (exact) mass is 565 g/mol. The van der Waals surface area contributed by atoms with Gasteiger partial charge in [-0.15, -0.1) is 13.2 Å². The van der Waals surface area contributed by atoms with E-state index in [4.69, 9.17) is 0 Å². The largest absolute Gasteiger partial charge is 0.573 e. The number of nitrogens with zero attached hydrogens (tertiary/aromatic N) is 1. The molecule has 1 fully saturated rings. The molecular formula is C28H34F3N3O4S. The number of amides is 1. The highest BCUT2D eigenvalue weighted by molar-refractivity contribution is 7.91. The lowest BCUT2D eigenvalue weighted by molar-refractivity contribution is -0.274. The van der Waals surface area contributed by atoms with Gasteiger partial charge in [0.05, 0.1) is 17.1 Å². The highest BCUT2D eigenvalue weighted by Gasteiger charge is 2.37. The number of fused-ring (bicyclic) bond motifs is 1. The van der Waals surface area contributed by atoms with E-state index < -0.39 is 16.2 Å². The van der Waals surface area contributed by atoms with Crippen LogP contribution in [0.4, 0.5) is 13.2 Å². The third-order valence-electron chi connectivity index (χ3n) is 7.46. The Kier molecular flexibility index (Phi) is 8.60. The van der Waals surface area contributed by atoms with Crippen LogP contribution < -0.4 is 10.1 Å². The van der Waals surface area contributed by atoms with E-state index in [2.05, 4.69) is 33.8 Å². The fraction of sp³-hybridized carbons (Fsp3) is 0.464. The third-order valence-corrected chi connectivity index (χ3v) is 9.32. The van der Waals surface area contributed by atoms with Gasteiger partial charge in [-0.05, 0) is 82.5 Å². The zero-order valence-electron chi connectivity index (χ0n) is 22.2. The lowest BCUT2D eigenvalue weighted by atomic mass is 9.81. The van der Waals surface area contributed by atoms with E-state index >= 15 is 0 Å². The van der Waals surface area contributed by atoms with E-state index in [9.17, 15) is 26.4 Å². The van der Waals surface area contributed by atoms with Crippen molar-refractivity contribution < 1.29 is 31.1 Å². The van der Waals surface area contributed by atoms with Crippen molar-refractivity contribution >= 4 is 26.6 Å². The lowest BCUT2D eigenvalue weighted by Gasteiger charge is -2.41. The fourth-order valence-electron chi connectivity index (χ4n) is 5.30. The molecule has 39 heavy (non-hydrogen) atoms. The number of carbonyl (C=O) groups is 1. The van der Waals surface area contributed by atoms with Crippen LogP contribution in [-0.2, 0) is 21.1 Å². The topological polar surface area (TPSA) is 91.5 Å². The molecule has 1 saturated carbocycles. The minimum atomic E-state index is -4.79. The molecule has 0 bridgehead atoms. The molecule has 4 rings (SSSR count). The summed E-state index contributed by atoms with van der Waals surface area (Å²) in [4.78, 5) is 18.6. The smallest absolute Gasteiger partial charge is 0.406 e. The minimum absolute atomic E-state index is 0.0197. The molecule has 0 spiro atoms. The molecule has 1 aromatic heterocycles. The van der Waals surface area contributed by atoms with Crippen molar-refractivity contribution in [1.29, 1.82) is 0 Å². The van der Waals surface area contributed by atoms with Crippen molar-refractivity contribution in [2.75, 3.05) is 12.8 Å². The van der Waals surface area contributed by atoms with Crippen LogP contribution in [0.15, 0.2) is 59.5 Å². The van der Waals surface area contributed by atoms with Gasteiger partial charge in [0.1, 0.15) is 5.75 Å². The molecule has 3 atom stereocenters. The Morgan fingerprint density at radius 1 is 1.13 bits per heavy atom. The van der Waals surface area contributed by atoms with Gasteiger partial charge in [0.2, 0.25) is 5.91 Å². The molecule has 1 amide bonds. The Labute approximate surface area is 226 Å². The van der Waals surface area contributed by atoms with Gasteiger partial charge in [-0.2, -0.15) is 0 Å². The van der Waals surface area contributed by atoms with Crippen LogP contribution >= 0.6 is 0 Å². The molecule has 1 aliphatic carbocycles. The maximum Gasteiger partial charge on any atom is 0.573 e. The number of nitrogens with one attached hydrogen (secondary N) is 2. The summed E-state index contributed by atoms with van der Waals surface area (Å²) < 4.78 is 68.1. The quantitative estimate of drug-likeness (QED) is 0.378. The number of ether oxygens (including phenoxy) is 1. The molecule has 1 aliphatic rings. The standard InChI is InChI=1S/C28H34F3N3O4S/c1-18(2)34(3)22-9-11-26(20(14-22)17-39(36,37)24-7-5-4-6-8-24)33-27(35)16-21-13-19-15-23(38-28(29,30)31)10-12-25(19)32-21/h4-8,10,12-13,15,18,20,22,26,32H,9,11,14,16-17H2,1-3H3,(H,33,35)/t20-,22+,26-/m0/s1. The van der Waals surface area contributed by atoms with Crippen LogP contribution in [-0.4, -0.2) is 61.5 Å². The molecule has 0 aliphatic heterocycles. The Morgan fingerprint density at radius 3 is 2.51 bits per heavy atom. The van der Waals surface area contributed by atoms with Gasteiger partial charge in [0.15, 0.2) is 9.84 Å². The van der Waals surface area contributed by atoms with Crippen molar-refractivity contribution in [2.45, 2.75) is 68.9 Å². The van der Waals surface area contributed by atoms with E-state index in [0.29, 0.717) is 35.5 Å². The highest BCUT2D eigenvalue weighted by Crippen LogP contribution is 2.32. The summed E-state index contributed by atoms with van der Waals surface area (Å²) in [6.07, 6.45) is -2.70. The van der Waals surface area contributed by atoms with Crippen LogP contribution in [0.25, 0.3) is 10.9 Å². The van der Waals surface area contributed by atoms with E-state index in [1.165, 1.54) is 18.2 Å². The van der Waals surface area contributed by atoms with Gasteiger partial charge in [-0.25, -0.2) is 8.42 Å². The van der Waals surface area contributed by atoms with Crippen LogP contribution in [0.3, 0.4) is 0 Å². The second-order valence-corrected chi connectivity index (χ2v) is 12.6. The summed E-state index contributed by atoms with van der Waals surface area (Å²) >= 11 is 0. The number of alkyl halides is 3. The number of carbonyl (C=O) groups excluding carboxylic acids is 1. The molecule has 1 heterocycles. The van der Waals surface area contributed by atoms with Crippen LogP contribution in [0.1, 0.15) is 38.8 Å². The van der Waals surface area contributed by atoms with Crippen molar-refractivity contribution in [2.24, 2.45) is 5.92 Å². The van der Waals surface area contributed by atoms with Crippen LogP contribution in [0, 0.1) is 5.92 Å². The molecule has 11 heteroatoms. The first-order chi connectivity index (χ1) is 18.3.